The molecule has 3 aromatic carbocycles. The summed E-state index contributed by atoms with van der Waals surface area (Å²) < 4.78 is 70.3. The van der Waals surface area contributed by atoms with Gasteiger partial charge in [-0.15, -0.1) is 0 Å². The lowest BCUT2D eigenvalue weighted by molar-refractivity contribution is -0.137. The van der Waals surface area contributed by atoms with Crippen LogP contribution in [0.15, 0.2) is 71.7 Å². The van der Waals surface area contributed by atoms with Crippen molar-refractivity contribution in [3.05, 3.63) is 99.0 Å². The molecule has 14 heteroatoms. The first kappa shape index (κ1) is 34.0. The van der Waals surface area contributed by atoms with Crippen LogP contribution in [0.2, 0.25) is 10.0 Å². The predicted octanol–water partition coefficient (Wildman–Crippen LogP) is 6.74. The van der Waals surface area contributed by atoms with E-state index in [-0.39, 0.29) is 35.5 Å². The van der Waals surface area contributed by atoms with Crippen molar-refractivity contribution in [2.24, 2.45) is 4.99 Å². The summed E-state index contributed by atoms with van der Waals surface area (Å²) in [5.74, 6) is 0.132. The Balaban J connectivity index is 1.60. The number of alkyl halides is 3. The van der Waals surface area contributed by atoms with Crippen LogP contribution in [0.1, 0.15) is 41.3 Å². The molecule has 2 heterocycles. The Morgan fingerprint density at radius 1 is 0.935 bits per heavy atom. The Kier molecular flexibility index (Phi) is 10.2. The molecular formula is C32H33Cl2F3N4O4S. The molecule has 2 unspecified atom stereocenters. The van der Waals surface area contributed by atoms with Gasteiger partial charge in [-0.2, -0.15) is 13.2 Å². The van der Waals surface area contributed by atoms with Gasteiger partial charge in [0.1, 0.15) is 27.5 Å². The zero-order chi connectivity index (χ0) is 33.2. The van der Waals surface area contributed by atoms with Crippen LogP contribution in [0.3, 0.4) is 0 Å². The van der Waals surface area contributed by atoms with Gasteiger partial charge in [-0.05, 0) is 60.5 Å². The quantitative estimate of drug-likeness (QED) is 0.261. The number of benzene rings is 3. The summed E-state index contributed by atoms with van der Waals surface area (Å²) in [6, 6.07) is 15.5. The van der Waals surface area contributed by atoms with Crippen LogP contribution in [-0.2, 0) is 16.0 Å². The first-order valence-corrected chi connectivity index (χ1v) is 17.5. The molecule has 5 rings (SSSR count). The minimum Gasteiger partial charge on any atom is -0.493 e. The summed E-state index contributed by atoms with van der Waals surface area (Å²) in [5.41, 5.74) is 0.816. The molecule has 8 nitrogen and oxygen atoms in total. The van der Waals surface area contributed by atoms with Crippen LogP contribution in [-0.4, -0.2) is 86.3 Å². The van der Waals surface area contributed by atoms with Gasteiger partial charge in [0, 0.05) is 49.0 Å². The lowest BCUT2D eigenvalue weighted by atomic mass is 9.93. The SMILES string of the molecule is CCOc1cc(C(F)(F)F)ccc1C1=NC(c2ccc(Cl)cc2)C(c2ccc(Cl)cc2)N1C(=O)N1CCN(CCS(C)(=O)=O)CC1. The number of amides is 2. The second-order valence-corrected chi connectivity index (χ2v) is 14.3. The first-order valence-electron chi connectivity index (χ1n) is 14.7. The van der Waals surface area contributed by atoms with Crippen molar-refractivity contribution in [3.63, 3.8) is 0 Å². The highest BCUT2D eigenvalue weighted by atomic mass is 35.5. The minimum atomic E-state index is -4.61. The molecule has 246 valence electrons. The summed E-state index contributed by atoms with van der Waals surface area (Å²) in [6.07, 6.45) is -3.42. The van der Waals surface area contributed by atoms with E-state index in [1.165, 1.54) is 17.2 Å². The molecule has 0 aliphatic carbocycles. The molecule has 2 amide bonds. The van der Waals surface area contributed by atoms with Gasteiger partial charge in [0.05, 0.1) is 29.5 Å². The molecule has 0 spiro atoms. The molecule has 2 atom stereocenters. The Labute approximate surface area is 276 Å². The van der Waals surface area contributed by atoms with Gasteiger partial charge in [0.25, 0.3) is 0 Å². The zero-order valence-electron chi connectivity index (χ0n) is 25.2. The lowest BCUT2D eigenvalue weighted by Crippen LogP contribution is -2.54. The monoisotopic (exact) mass is 696 g/mol. The van der Waals surface area contributed by atoms with Crippen LogP contribution in [0.4, 0.5) is 18.0 Å². The number of sulfone groups is 1. The van der Waals surface area contributed by atoms with Crippen LogP contribution < -0.4 is 4.74 Å². The largest absolute Gasteiger partial charge is 0.493 e. The minimum absolute atomic E-state index is 0.0133. The van der Waals surface area contributed by atoms with E-state index < -0.39 is 33.7 Å². The number of rotatable bonds is 8. The molecule has 0 aromatic heterocycles. The number of halogens is 5. The van der Waals surface area contributed by atoms with E-state index in [9.17, 15) is 26.4 Å². The van der Waals surface area contributed by atoms with Crippen molar-refractivity contribution < 1.29 is 31.1 Å². The van der Waals surface area contributed by atoms with Crippen LogP contribution in [0, 0.1) is 0 Å². The number of urea groups is 1. The van der Waals surface area contributed by atoms with Crippen molar-refractivity contribution in [1.82, 2.24) is 14.7 Å². The molecule has 2 aliphatic heterocycles. The second-order valence-electron chi connectivity index (χ2n) is 11.2. The maximum Gasteiger partial charge on any atom is 0.416 e. The van der Waals surface area contributed by atoms with Gasteiger partial charge in [-0.1, -0.05) is 47.5 Å². The third-order valence-corrected chi connectivity index (χ3v) is 9.39. The Morgan fingerprint density at radius 2 is 1.52 bits per heavy atom. The normalized spacial score (nSPS) is 19.3. The topological polar surface area (TPSA) is 82.5 Å². The third-order valence-electron chi connectivity index (χ3n) is 7.97. The summed E-state index contributed by atoms with van der Waals surface area (Å²) >= 11 is 12.4. The van der Waals surface area contributed by atoms with E-state index in [1.54, 1.807) is 48.2 Å². The van der Waals surface area contributed by atoms with Gasteiger partial charge in [0.15, 0.2) is 0 Å². The molecule has 0 N–H and O–H groups in total. The van der Waals surface area contributed by atoms with E-state index in [4.69, 9.17) is 32.9 Å². The number of aliphatic imine (C=N–C) groups is 1. The second kappa shape index (κ2) is 13.8. The standard InChI is InChI=1S/C32H33Cl2F3N4O4S/c1-3-45-27-20-23(32(35,36)37)8-13-26(27)30-38-28(21-4-9-24(33)10-5-21)29(22-6-11-25(34)12-7-22)41(30)31(42)40-16-14-39(15-17-40)18-19-46(2,43)44/h4-13,20,28-29H,3,14-19H2,1-2H3. The average Bonchev–Trinajstić information content (AvgIpc) is 3.40. The maximum atomic E-state index is 14.6. The summed E-state index contributed by atoms with van der Waals surface area (Å²) in [6.45, 7) is 3.66. The Morgan fingerprint density at radius 3 is 2.07 bits per heavy atom. The molecule has 0 saturated carbocycles. The Bertz CT molecular complexity index is 1700. The molecule has 1 fully saturated rings. The molecule has 46 heavy (non-hydrogen) atoms. The van der Waals surface area contributed by atoms with Gasteiger partial charge in [-0.25, -0.2) is 13.2 Å². The molecule has 0 bridgehead atoms. The number of hydrogen-bond acceptors (Lipinski definition) is 6. The highest BCUT2D eigenvalue weighted by molar-refractivity contribution is 7.90. The highest BCUT2D eigenvalue weighted by Gasteiger charge is 2.45. The number of carbonyl (C=O) groups excluding carboxylic acids is 1. The van der Waals surface area contributed by atoms with E-state index in [0.717, 1.165) is 17.7 Å². The fourth-order valence-corrected chi connectivity index (χ4v) is 6.46. The number of amidine groups is 1. The Hall–Kier alpha value is -3.32. The van der Waals surface area contributed by atoms with Gasteiger partial charge < -0.3 is 9.64 Å². The lowest BCUT2D eigenvalue weighted by Gasteiger charge is -2.39. The number of hydrogen-bond donors (Lipinski definition) is 0. The molecule has 0 radical (unpaired) electrons. The molecule has 3 aromatic rings. The fraction of sp³-hybridized carbons (Fsp3) is 0.375. The fourth-order valence-electron chi connectivity index (χ4n) is 5.62. The highest BCUT2D eigenvalue weighted by Crippen LogP contribution is 2.46. The third kappa shape index (κ3) is 7.79. The zero-order valence-corrected chi connectivity index (χ0v) is 27.5. The van der Waals surface area contributed by atoms with Crippen molar-refractivity contribution in [2.45, 2.75) is 25.2 Å². The number of carbonyl (C=O) groups is 1. The van der Waals surface area contributed by atoms with Gasteiger partial charge >= 0.3 is 12.2 Å². The number of piperazine rings is 1. The van der Waals surface area contributed by atoms with Gasteiger partial charge in [0.2, 0.25) is 0 Å². The predicted molar refractivity (Wildman–Crippen MR) is 172 cm³/mol. The van der Waals surface area contributed by atoms with Gasteiger partial charge in [-0.3, -0.25) is 14.8 Å². The molecule has 2 aliphatic rings. The average molecular weight is 698 g/mol. The van der Waals surface area contributed by atoms with Crippen LogP contribution in [0.25, 0.3) is 0 Å². The van der Waals surface area contributed by atoms with Crippen molar-refractivity contribution >= 4 is 44.9 Å². The van der Waals surface area contributed by atoms with E-state index >= 15 is 0 Å². The first-order chi connectivity index (χ1) is 21.7. The maximum absolute atomic E-state index is 14.6. The van der Waals surface area contributed by atoms with E-state index in [2.05, 4.69) is 0 Å². The van der Waals surface area contributed by atoms with E-state index in [1.807, 2.05) is 17.0 Å². The van der Waals surface area contributed by atoms with Crippen molar-refractivity contribution in [2.75, 3.05) is 51.3 Å². The summed E-state index contributed by atoms with van der Waals surface area (Å²) in [4.78, 5) is 24.8. The molecule has 1 saturated heterocycles. The van der Waals surface area contributed by atoms with Crippen molar-refractivity contribution in [3.8, 4) is 5.75 Å². The van der Waals surface area contributed by atoms with Crippen LogP contribution >= 0.6 is 23.2 Å². The van der Waals surface area contributed by atoms with Crippen molar-refractivity contribution in [1.29, 1.82) is 0 Å². The smallest absolute Gasteiger partial charge is 0.416 e. The summed E-state index contributed by atoms with van der Waals surface area (Å²) in [7, 11) is -3.15. The summed E-state index contributed by atoms with van der Waals surface area (Å²) in [5, 5.41) is 1.01. The van der Waals surface area contributed by atoms with E-state index in [0.29, 0.717) is 48.3 Å². The number of nitrogens with zero attached hydrogens (tertiary/aromatic N) is 4. The molecular weight excluding hydrogens is 664 g/mol. The van der Waals surface area contributed by atoms with Crippen LogP contribution in [0.5, 0.6) is 5.75 Å². The number of ether oxygens (including phenoxy) is 1.